The second-order valence-electron chi connectivity index (χ2n) is 29.4. The lowest BCUT2D eigenvalue weighted by Gasteiger charge is -2.21. The third kappa shape index (κ3) is 73.0. The lowest BCUT2D eigenvalue weighted by molar-refractivity contribution is -0.161. The molecule has 0 radical (unpaired) electrons. The topological polar surface area (TPSA) is 237 Å². The Morgan fingerprint density at radius 2 is 0.480 bits per heavy atom. The summed E-state index contributed by atoms with van der Waals surface area (Å²) in [6, 6.07) is 0. The molecule has 6 atom stereocenters. The van der Waals surface area contributed by atoms with Gasteiger partial charge in [0.25, 0.3) is 0 Å². The number of hydrogen-bond donors (Lipinski definition) is 3. The minimum absolute atomic E-state index is 0.104. The zero-order valence-electron chi connectivity index (χ0n) is 65.3. The fourth-order valence-corrected chi connectivity index (χ4v) is 14.1. The number of phosphoric acid groups is 2. The predicted molar refractivity (Wildman–Crippen MR) is 409 cm³/mol. The molecule has 0 aliphatic carbocycles. The summed E-state index contributed by atoms with van der Waals surface area (Å²) in [6.07, 6.45) is 65.5. The number of ether oxygens (including phenoxy) is 4. The average molecular weight is 1470 g/mol. The van der Waals surface area contributed by atoms with Crippen LogP contribution in [0.1, 0.15) is 433 Å². The van der Waals surface area contributed by atoms with E-state index in [1.165, 1.54) is 257 Å². The molecule has 594 valence electrons. The molecule has 3 N–H and O–H groups in total. The van der Waals surface area contributed by atoms with Crippen LogP contribution in [0, 0.1) is 5.92 Å². The molecular formula is C81H158O17P2. The average Bonchev–Trinajstić information content (AvgIpc) is 1.11. The molecule has 0 saturated carbocycles. The molecule has 0 bridgehead atoms. The Morgan fingerprint density at radius 3 is 0.710 bits per heavy atom. The number of carbonyl (C=O) groups excluding carboxylic acids is 4. The molecule has 0 amide bonds. The highest BCUT2D eigenvalue weighted by Gasteiger charge is 2.30. The van der Waals surface area contributed by atoms with Crippen LogP contribution >= 0.6 is 15.6 Å². The van der Waals surface area contributed by atoms with Gasteiger partial charge in [-0.2, -0.15) is 0 Å². The van der Waals surface area contributed by atoms with E-state index in [-0.39, 0.29) is 25.7 Å². The number of carbonyl (C=O) groups is 4. The summed E-state index contributed by atoms with van der Waals surface area (Å²) in [5, 5.41) is 10.6. The lowest BCUT2D eigenvalue weighted by atomic mass is 10.00. The van der Waals surface area contributed by atoms with Gasteiger partial charge in [0.15, 0.2) is 12.2 Å². The van der Waals surface area contributed by atoms with Crippen molar-refractivity contribution in [2.45, 2.75) is 451 Å². The quantitative estimate of drug-likeness (QED) is 0.0222. The molecule has 0 heterocycles. The first-order valence-electron chi connectivity index (χ1n) is 42.2. The van der Waals surface area contributed by atoms with Crippen LogP contribution in [-0.4, -0.2) is 96.7 Å². The van der Waals surface area contributed by atoms with Gasteiger partial charge in [-0.1, -0.05) is 381 Å². The molecule has 17 nitrogen and oxygen atoms in total. The van der Waals surface area contributed by atoms with E-state index in [1.807, 2.05) is 0 Å². The SMILES string of the molecule is CCCCCCCCCCCCCCCCCCCCCCC(=O)OC[C@H](COP(=O)(O)OC[C@@H](O)COP(=O)(O)OC[C@@H](COC(=O)CCCCCCCCCCCC)OC(=O)CCCCCCCCC(C)CC)OC(=O)CCCCCCCCCCCCCCCCCCCCCC. The number of esters is 4. The van der Waals surface area contributed by atoms with Crippen molar-refractivity contribution < 1.29 is 80.2 Å². The van der Waals surface area contributed by atoms with Gasteiger partial charge in [0.2, 0.25) is 0 Å². The Labute approximate surface area is 613 Å². The second-order valence-corrected chi connectivity index (χ2v) is 32.3. The maximum atomic E-state index is 13.1. The molecule has 3 unspecified atom stereocenters. The molecule has 0 saturated heterocycles. The Kier molecular flexibility index (Phi) is 72.5. The smallest absolute Gasteiger partial charge is 0.462 e. The van der Waals surface area contributed by atoms with Crippen LogP contribution in [0.3, 0.4) is 0 Å². The van der Waals surface area contributed by atoms with Crippen molar-refractivity contribution in [2.24, 2.45) is 5.92 Å². The number of aliphatic hydroxyl groups excluding tert-OH is 1. The number of phosphoric ester groups is 2. The molecule has 19 heteroatoms. The second kappa shape index (κ2) is 73.9. The fraction of sp³-hybridized carbons (Fsp3) is 0.951. The van der Waals surface area contributed by atoms with Crippen LogP contribution in [0.25, 0.3) is 0 Å². The maximum Gasteiger partial charge on any atom is 0.472 e. The van der Waals surface area contributed by atoms with E-state index in [1.54, 1.807) is 0 Å². The molecule has 0 fully saturated rings. The summed E-state index contributed by atoms with van der Waals surface area (Å²) < 4.78 is 68.6. The molecule has 100 heavy (non-hydrogen) atoms. The highest BCUT2D eigenvalue weighted by Crippen LogP contribution is 2.45. The van der Waals surface area contributed by atoms with Crippen molar-refractivity contribution in [3.8, 4) is 0 Å². The first-order chi connectivity index (χ1) is 48.6. The summed E-state index contributed by atoms with van der Waals surface area (Å²) in [5.74, 6) is -1.39. The van der Waals surface area contributed by atoms with Crippen LogP contribution < -0.4 is 0 Å². The van der Waals surface area contributed by atoms with Crippen molar-refractivity contribution in [1.29, 1.82) is 0 Å². The largest absolute Gasteiger partial charge is 0.472 e. The highest BCUT2D eigenvalue weighted by atomic mass is 31.2. The third-order valence-corrected chi connectivity index (χ3v) is 21.3. The highest BCUT2D eigenvalue weighted by molar-refractivity contribution is 7.47. The fourth-order valence-electron chi connectivity index (χ4n) is 12.6. The van der Waals surface area contributed by atoms with Crippen molar-refractivity contribution in [3.63, 3.8) is 0 Å². The summed E-state index contributed by atoms with van der Waals surface area (Å²) in [5.41, 5.74) is 0. The van der Waals surface area contributed by atoms with Gasteiger partial charge in [-0.05, 0) is 31.6 Å². The van der Waals surface area contributed by atoms with E-state index >= 15 is 0 Å². The van der Waals surface area contributed by atoms with E-state index in [2.05, 4.69) is 34.6 Å². The van der Waals surface area contributed by atoms with Crippen LogP contribution in [-0.2, 0) is 65.4 Å². The molecule has 0 aliphatic rings. The predicted octanol–water partition coefficient (Wildman–Crippen LogP) is 24.4. The van der Waals surface area contributed by atoms with Gasteiger partial charge in [0.05, 0.1) is 26.4 Å². The summed E-state index contributed by atoms with van der Waals surface area (Å²) in [6.45, 7) is 7.26. The molecule has 0 aromatic rings. The van der Waals surface area contributed by atoms with Gasteiger partial charge in [-0.15, -0.1) is 0 Å². The van der Waals surface area contributed by atoms with Gasteiger partial charge in [-0.25, -0.2) is 9.13 Å². The van der Waals surface area contributed by atoms with Crippen LogP contribution in [0.15, 0.2) is 0 Å². The van der Waals surface area contributed by atoms with E-state index < -0.39 is 97.5 Å². The Balaban J connectivity index is 5.19. The standard InChI is InChI=1S/C81H158O17P2/c1-6-10-13-16-19-22-25-27-29-31-33-35-37-39-41-43-46-49-55-60-65-79(84)91-70-76(97-80(85)66-61-56-50-47-44-42-40-38-36-34-32-30-28-26-23-20-17-14-11-7-2)72-95-99(87,88)93-68-75(82)69-94-100(89,90)96-73-77(98-81(86)67-62-57-52-51-53-58-63-74(5)9-4)71-92-78(83)64-59-54-48-45-24-21-18-15-12-8-3/h74-77,82H,6-73H2,1-5H3,(H,87,88)(H,89,90)/t74?,75-,76-,77-/m1/s1. The van der Waals surface area contributed by atoms with Gasteiger partial charge < -0.3 is 33.8 Å². The van der Waals surface area contributed by atoms with Crippen LogP contribution in [0.5, 0.6) is 0 Å². The van der Waals surface area contributed by atoms with Crippen LogP contribution in [0.2, 0.25) is 0 Å². The monoisotopic (exact) mass is 1470 g/mol. The Hall–Kier alpha value is -1.94. The van der Waals surface area contributed by atoms with Gasteiger partial charge in [0.1, 0.15) is 19.3 Å². The molecule has 0 aliphatic heterocycles. The summed E-state index contributed by atoms with van der Waals surface area (Å²) >= 11 is 0. The third-order valence-electron chi connectivity index (χ3n) is 19.4. The van der Waals surface area contributed by atoms with Crippen molar-refractivity contribution in [2.75, 3.05) is 39.6 Å². The molecular weight excluding hydrogens is 1310 g/mol. The zero-order chi connectivity index (χ0) is 73.4. The molecule has 0 aromatic carbocycles. The van der Waals surface area contributed by atoms with E-state index in [4.69, 9.17) is 37.0 Å². The first kappa shape index (κ1) is 98.1. The normalized spacial score (nSPS) is 14.1. The van der Waals surface area contributed by atoms with Crippen molar-refractivity contribution in [1.82, 2.24) is 0 Å². The number of hydrogen-bond acceptors (Lipinski definition) is 15. The van der Waals surface area contributed by atoms with Crippen LogP contribution in [0.4, 0.5) is 0 Å². The van der Waals surface area contributed by atoms with E-state index in [9.17, 15) is 43.2 Å². The Bertz CT molecular complexity index is 1910. The minimum Gasteiger partial charge on any atom is -0.462 e. The van der Waals surface area contributed by atoms with E-state index in [0.29, 0.717) is 25.7 Å². The molecule has 0 spiro atoms. The maximum absolute atomic E-state index is 13.1. The minimum atomic E-state index is -4.96. The van der Waals surface area contributed by atoms with Gasteiger partial charge in [-0.3, -0.25) is 37.3 Å². The first-order valence-corrected chi connectivity index (χ1v) is 45.2. The zero-order valence-corrected chi connectivity index (χ0v) is 67.1. The number of rotatable bonds is 81. The van der Waals surface area contributed by atoms with Crippen molar-refractivity contribution in [3.05, 3.63) is 0 Å². The number of aliphatic hydroxyl groups is 1. The summed E-state index contributed by atoms with van der Waals surface area (Å²) in [4.78, 5) is 72.9. The molecule has 0 rings (SSSR count). The van der Waals surface area contributed by atoms with E-state index in [0.717, 1.165) is 95.8 Å². The van der Waals surface area contributed by atoms with Gasteiger partial charge in [0, 0.05) is 25.7 Å². The van der Waals surface area contributed by atoms with Crippen molar-refractivity contribution >= 4 is 39.5 Å². The number of unbranched alkanes of at least 4 members (excludes halogenated alkanes) is 52. The lowest BCUT2D eigenvalue weighted by Crippen LogP contribution is -2.30. The molecule has 0 aromatic heterocycles. The van der Waals surface area contributed by atoms with Gasteiger partial charge >= 0.3 is 39.5 Å². The Morgan fingerprint density at radius 1 is 0.280 bits per heavy atom. The summed E-state index contributed by atoms with van der Waals surface area (Å²) in [7, 11) is -9.91.